The summed E-state index contributed by atoms with van der Waals surface area (Å²) in [5.74, 6) is -0.134. The predicted octanol–water partition coefficient (Wildman–Crippen LogP) is 2.75. The molecule has 1 aromatic rings. The molecule has 0 radical (unpaired) electrons. The van der Waals surface area contributed by atoms with Gasteiger partial charge in [0, 0.05) is 11.6 Å². The summed E-state index contributed by atoms with van der Waals surface area (Å²) in [7, 11) is 1.70. The second-order valence-electron chi connectivity index (χ2n) is 3.39. The SMILES string of the molecule is CNC(C)c1cc(F)ccc1OCC(F)F. The van der Waals surface area contributed by atoms with Crippen molar-refractivity contribution < 1.29 is 17.9 Å². The molecule has 5 heteroatoms. The maximum absolute atomic E-state index is 13.0. The van der Waals surface area contributed by atoms with Crippen LogP contribution >= 0.6 is 0 Å². The zero-order valence-electron chi connectivity index (χ0n) is 9.14. The summed E-state index contributed by atoms with van der Waals surface area (Å²) >= 11 is 0. The Kier molecular flexibility index (Phi) is 4.61. The molecule has 2 nitrogen and oxygen atoms in total. The lowest BCUT2D eigenvalue weighted by molar-refractivity contribution is 0.0811. The van der Waals surface area contributed by atoms with Gasteiger partial charge in [-0.15, -0.1) is 0 Å². The van der Waals surface area contributed by atoms with Crippen LogP contribution in [0, 0.1) is 5.82 Å². The quantitative estimate of drug-likeness (QED) is 0.844. The second-order valence-corrected chi connectivity index (χ2v) is 3.39. The first-order valence-electron chi connectivity index (χ1n) is 4.92. The van der Waals surface area contributed by atoms with Gasteiger partial charge < -0.3 is 10.1 Å². The van der Waals surface area contributed by atoms with Gasteiger partial charge in [0.25, 0.3) is 6.43 Å². The third-order valence-electron chi connectivity index (χ3n) is 2.24. The van der Waals surface area contributed by atoms with Crippen molar-refractivity contribution in [3.63, 3.8) is 0 Å². The molecule has 0 saturated heterocycles. The highest BCUT2D eigenvalue weighted by Crippen LogP contribution is 2.26. The molecule has 0 fully saturated rings. The molecule has 1 rings (SSSR count). The van der Waals surface area contributed by atoms with Crippen molar-refractivity contribution in [1.82, 2.24) is 5.32 Å². The topological polar surface area (TPSA) is 21.3 Å². The van der Waals surface area contributed by atoms with E-state index in [1.165, 1.54) is 18.2 Å². The number of rotatable bonds is 5. The molecule has 1 unspecified atom stereocenters. The highest BCUT2D eigenvalue weighted by Gasteiger charge is 2.13. The van der Waals surface area contributed by atoms with E-state index in [-0.39, 0.29) is 11.8 Å². The molecule has 1 N–H and O–H groups in total. The summed E-state index contributed by atoms with van der Waals surface area (Å²) in [5, 5.41) is 2.90. The van der Waals surface area contributed by atoms with E-state index in [9.17, 15) is 13.2 Å². The van der Waals surface area contributed by atoms with Crippen LogP contribution in [-0.4, -0.2) is 20.1 Å². The molecule has 0 aliphatic carbocycles. The van der Waals surface area contributed by atoms with Crippen LogP contribution in [0.2, 0.25) is 0 Å². The highest BCUT2D eigenvalue weighted by molar-refractivity contribution is 5.36. The highest BCUT2D eigenvalue weighted by atomic mass is 19.3. The van der Waals surface area contributed by atoms with Crippen LogP contribution in [0.5, 0.6) is 5.75 Å². The Hall–Kier alpha value is -1.23. The van der Waals surface area contributed by atoms with Crippen LogP contribution in [0.4, 0.5) is 13.2 Å². The molecule has 0 saturated carbocycles. The average molecular weight is 233 g/mol. The molecule has 0 spiro atoms. The molecule has 0 bridgehead atoms. The summed E-state index contributed by atoms with van der Waals surface area (Å²) in [6.45, 7) is 1.11. The molecule has 0 aromatic heterocycles. The Morgan fingerprint density at radius 3 is 2.62 bits per heavy atom. The molecular formula is C11H14F3NO. The van der Waals surface area contributed by atoms with E-state index >= 15 is 0 Å². The lowest BCUT2D eigenvalue weighted by Crippen LogP contribution is -2.15. The van der Waals surface area contributed by atoms with E-state index in [2.05, 4.69) is 5.32 Å². The molecule has 0 amide bonds. The Bertz CT molecular complexity index is 344. The molecule has 1 atom stereocenters. The van der Waals surface area contributed by atoms with Gasteiger partial charge in [-0.05, 0) is 32.2 Å². The third kappa shape index (κ3) is 3.41. The number of benzene rings is 1. The number of hydrogen-bond donors (Lipinski definition) is 1. The predicted molar refractivity (Wildman–Crippen MR) is 55.4 cm³/mol. The first-order valence-corrected chi connectivity index (χ1v) is 4.92. The van der Waals surface area contributed by atoms with Crippen LogP contribution in [0.3, 0.4) is 0 Å². The summed E-state index contributed by atoms with van der Waals surface area (Å²) in [6.07, 6.45) is -2.54. The summed E-state index contributed by atoms with van der Waals surface area (Å²) in [5.41, 5.74) is 0.531. The molecule has 0 aliphatic rings. The Morgan fingerprint density at radius 2 is 2.06 bits per heavy atom. The summed E-state index contributed by atoms with van der Waals surface area (Å²) in [6, 6.07) is 3.67. The van der Waals surface area contributed by atoms with E-state index in [0.717, 1.165) is 0 Å². The van der Waals surface area contributed by atoms with Crippen molar-refractivity contribution in [1.29, 1.82) is 0 Å². The fourth-order valence-corrected chi connectivity index (χ4v) is 1.30. The van der Waals surface area contributed by atoms with Gasteiger partial charge in [-0.2, -0.15) is 0 Å². The lowest BCUT2D eigenvalue weighted by atomic mass is 10.1. The standard InChI is InChI=1S/C11H14F3NO/c1-7(15-2)9-5-8(12)3-4-10(9)16-6-11(13)14/h3-5,7,11,15H,6H2,1-2H3. The van der Waals surface area contributed by atoms with E-state index in [1.54, 1.807) is 14.0 Å². The van der Waals surface area contributed by atoms with Gasteiger partial charge in [0.05, 0.1) is 0 Å². The van der Waals surface area contributed by atoms with Crippen molar-refractivity contribution in [2.45, 2.75) is 19.4 Å². The molecular weight excluding hydrogens is 219 g/mol. The molecule has 0 aliphatic heterocycles. The van der Waals surface area contributed by atoms with Gasteiger partial charge in [0.1, 0.15) is 18.2 Å². The first-order chi connectivity index (χ1) is 7.54. The van der Waals surface area contributed by atoms with Crippen LogP contribution in [0.25, 0.3) is 0 Å². The number of ether oxygens (including phenoxy) is 1. The Labute approximate surface area is 92.4 Å². The minimum atomic E-state index is -2.54. The average Bonchev–Trinajstić information content (AvgIpc) is 2.26. The van der Waals surface area contributed by atoms with Gasteiger partial charge in [-0.25, -0.2) is 13.2 Å². The van der Waals surface area contributed by atoms with Crippen LogP contribution in [-0.2, 0) is 0 Å². The van der Waals surface area contributed by atoms with Crippen molar-refractivity contribution in [3.8, 4) is 5.75 Å². The van der Waals surface area contributed by atoms with Gasteiger partial charge in [0.2, 0.25) is 0 Å². The van der Waals surface area contributed by atoms with Crippen LogP contribution in [0.15, 0.2) is 18.2 Å². The minimum Gasteiger partial charge on any atom is -0.487 e. The zero-order valence-corrected chi connectivity index (χ0v) is 9.14. The van der Waals surface area contributed by atoms with Gasteiger partial charge in [-0.3, -0.25) is 0 Å². The van der Waals surface area contributed by atoms with Gasteiger partial charge in [-0.1, -0.05) is 0 Å². The van der Waals surface area contributed by atoms with Gasteiger partial charge >= 0.3 is 0 Å². The van der Waals surface area contributed by atoms with E-state index < -0.39 is 18.8 Å². The maximum atomic E-state index is 13.0. The molecule has 1 aromatic carbocycles. The fraction of sp³-hybridized carbons (Fsp3) is 0.455. The Balaban J connectivity index is 2.89. The molecule has 16 heavy (non-hydrogen) atoms. The van der Waals surface area contributed by atoms with Crippen LogP contribution < -0.4 is 10.1 Å². The van der Waals surface area contributed by atoms with Crippen LogP contribution in [0.1, 0.15) is 18.5 Å². The zero-order chi connectivity index (χ0) is 12.1. The minimum absolute atomic E-state index is 0.164. The van der Waals surface area contributed by atoms with Crippen molar-refractivity contribution in [3.05, 3.63) is 29.6 Å². The number of alkyl halides is 2. The van der Waals surface area contributed by atoms with Crippen molar-refractivity contribution in [2.75, 3.05) is 13.7 Å². The number of nitrogens with one attached hydrogen (secondary N) is 1. The summed E-state index contributed by atoms with van der Waals surface area (Å²) in [4.78, 5) is 0. The van der Waals surface area contributed by atoms with E-state index in [1.807, 2.05) is 0 Å². The summed E-state index contributed by atoms with van der Waals surface area (Å²) < 4.78 is 41.9. The van der Waals surface area contributed by atoms with E-state index in [0.29, 0.717) is 5.56 Å². The largest absolute Gasteiger partial charge is 0.487 e. The maximum Gasteiger partial charge on any atom is 0.272 e. The fourth-order valence-electron chi connectivity index (χ4n) is 1.30. The first kappa shape index (κ1) is 12.8. The number of halogens is 3. The third-order valence-corrected chi connectivity index (χ3v) is 2.24. The van der Waals surface area contributed by atoms with E-state index in [4.69, 9.17) is 4.74 Å². The lowest BCUT2D eigenvalue weighted by Gasteiger charge is -2.16. The molecule has 90 valence electrons. The monoisotopic (exact) mass is 233 g/mol. The van der Waals surface area contributed by atoms with Crippen molar-refractivity contribution >= 4 is 0 Å². The normalized spacial score (nSPS) is 12.9. The van der Waals surface area contributed by atoms with Crippen molar-refractivity contribution in [2.24, 2.45) is 0 Å². The Morgan fingerprint density at radius 1 is 1.38 bits per heavy atom. The molecule has 0 heterocycles. The van der Waals surface area contributed by atoms with Gasteiger partial charge in [0.15, 0.2) is 0 Å². The number of hydrogen-bond acceptors (Lipinski definition) is 2. The smallest absolute Gasteiger partial charge is 0.272 e. The second kappa shape index (κ2) is 5.75.